The minimum atomic E-state index is -1.35. The molecule has 0 aliphatic heterocycles. The average Bonchev–Trinajstić information content (AvgIpc) is 2.28. The minimum Gasteiger partial charge on any atom is -0.480 e. The van der Waals surface area contributed by atoms with E-state index in [1.54, 1.807) is 20.8 Å². The second kappa shape index (κ2) is 6.25. The fourth-order valence-corrected chi connectivity index (χ4v) is 1.46. The van der Waals surface area contributed by atoms with Gasteiger partial charge in [0, 0.05) is 18.2 Å². The van der Waals surface area contributed by atoms with E-state index in [9.17, 15) is 19.2 Å². The highest BCUT2D eigenvalue weighted by Crippen LogP contribution is 2.07. The number of amides is 1. The molecule has 0 saturated carbocycles. The number of nitrogens with one attached hydrogen (secondary N) is 3. The van der Waals surface area contributed by atoms with E-state index in [1.165, 1.54) is 0 Å². The summed E-state index contributed by atoms with van der Waals surface area (Å²) in [5.74, 6) is -1.33. The molecule has 21 heavy (non-hydrogen) atoms. The lowest BCUT2D eigenvalue weighted by atomic mass is 10.1. The van der Waals surface area contributed by atoms with Gasteiger partial charge in [-0.2, -0.15) is 0 Å². The van der Waals surface area contributed by atoms with E-state index < -0.39 is 35.0 Å². The molecule has 0 bridgehead atoms. The fraction of sp³-hybridized carbons (Fsp3) is 0.500. The number of carbonyl (C=O) groups excluding carboxylic acids is 1. The molecule has 1 rings (SSSR count). The quantitative estimate of drug-likeness (QED) is 0.595. The third kappa shape index (κ3) is 5.51. The summed E-state index contributed by atoms with van der Waals surface area (Å²) in [4.78, 5) is 49.3. The molecule has 0 aliphatic rings. The second-order valence-electron chi connectivity index (χ2n) is 5.34. The van der Waals surface area contributed by atoms with E-state index in [4.69, 9.17) is 9.84 Å². The van der Waals surface area contributed by atoms with E-state index in [-0.39, 0.29) is 12.0 Å². The zero-order valence-corrected chi connectivity index (χ0v) is 11.9. The van der Waals surface area contributed by atoms with E-state index >= 15 is 0 Å². The van der Waals surface area contributed by atoms with Crippen LogP contribution in [0.5, 0.6) is 0 Å². The van der Waals surface area contributed by atoms with Gasteiger partial charge in [-0.25, -0.2) is 14.4 Å². The highest BCUT2D eigenvalue weighted by Gasteiger charge is 2.25. The standard InChI is InChI=1S/C12H17N3O6/c1-12(2,3)21-11(20)14-7(9(17)18)4-6-5-13-10(19)15-8(6)16/h5,7H,4H2,1-3H3,(H,14,20)(H,17,18)(H2,13,15,16,19). The lowest BCUT2D eigenvalue weighted by molar-refractivity contribution is -0.139. The summed E-state index contributed by atoms with van der Waals surface area (Å²) >= 11 is 0. The molecule has 1 aromatic heterocycles. The number of aromatic nitrogens is 2. The van der Waals surface area contributed by atoms with Gasteiger partial charge >= 0.3 is 17.8 Å². The number of carboxylic acid groups (broad SMARTS) is 1. The molecule has 1 atom stereocenters. The first-order chi connectivity index (χ1) is 9.58. The molecule has 1 aromatic rings. The molecular weight excluding hydrogens is 282 g/mol. The summed E-state index contributed by atoms with van der Waals surface area (Å²) in [5.41, 5.74) is -2.16. The molecule has 0 spiro atoms. The largest absolute Gasteiger partial charge is 0.480 e. The Morgan fingerprint density at radius 1 is 1.38 bits per heavy atom. The summed E-state index contributed by atoms with van der Waals surface area (Å²) in [7, 11) is 0. The van der Waals surface area contributed by atoms with E-state index in [0.29, 0.717) is 0 Å². The first-order valence-corrected chi connectivity index (χ1v) is 6.11. The zero-order chi connectivity index (χ0) is 16.2. The van der Waals surface area contributed by atoms with Crippen molar-refractivity contribution < 1.29 is 19.4 Å². The van der Waals surface area contributed by atoms with Gasteiger partial charge in [0.25, 0.3) is 5.56 Å². The summed E-state index contributed by atoms with van der Waals surface area (Å²) in [6.45, 7) is 4.90. The molecule has 0 aromatic carbocycles. The number of aromatic amines is 2. The van der Waals surface area contributed by atoms with Crippen LogP contribution in [0.1, 0.15) is 26.3 Å². The normalized spacial score (nSPS) is 12.5. The highest BCUT2D eigenvalue weighted by atomic mass is 16.6. The number of aliphatic carboxylic acids is 1. The average molecular weight is 299 g/mol. The van der Waals surface area contributed by atoms with Crippen molar-refractivity contribution in [3.63, 3.8) is 0 Å². The number of ether oxygens (including phenoxy) is 1. The van der Waals surface area contributed by atoms with Gasteiger partial charge in [-0.05, 0) is 20.8 Å². The van der Waals surface area contributed by atoms with Crippen LogP contribution < -0.4 is 16.6 Å². The number of hydrogen-bond acceptors (Lipinski definition) is 5. The second-order valence-corrected chi connectivity index (χ2v) is 5.34. The van der Waals surface area contributed by atoms with Gasteiger partial charge in [-0.15, -0.1) is 0 Å². The molecule has 0 fully saturated rings. The zero-order valence-electron chi connectivity index (χ0n) is 11.9. The number of hydrogen-bond donors (Lipinski definition) is 4. The van der Waals surface area contributed by atoms with Crippen LogP contribution in [0.2, 0.25) is 0 Å². The Balaban J connectivity index is 2.84. The van der Waals surface area contributed by atoms with Gasteiger partial charge in [-0.3, -0.25) is 9.78 Å². The summed E-state index contributed by atoms with van der Waals surface area (Å²) in [6.07, 6.45) is -0.0927. The first kappa shape index (κ1) is 16.5. The van der Waals surface area contributed by atoms with Crippen molar-refractivity contribution in [1.82, 2.24) is 15.3 Å². The van der Waals surface area contributed by atoms with Crippen LogP contribution >= 0.6 is 0 Å². The molecule has 1 amide bonds. The van der Waals surface area contributed by atoms with E-state index in [0.717, 1.165) is 6.20 Å². The molecule has 116 valence electrons. The van der Waals surface area contributed by atoms with Crippen LogP contribution in [0.25, 0.3) is 0 Å². The predicted octanol–water partition coefficient (Wildman–Crippen LogP) is -0.416. The summed E-state index contributed by atoms with van der Waals surface area (Å²) < 4.78 is 4.95. The predicted molar refractivity (Wildman–Crippen MR) is 72.2 cm³/mol. The van der Waals surface area contributed by atoms with Crippen molar-refractivity contribution in [3.8, 4) is 0 Å². The van der Waals surface area contributed by atoms with Gasteiger partial charge in [-0.1, -0.05) is 0 Å². The molecule has 1 unspecified atom stereocenters. The molecule has 9 heteroatoms. The van der Waals surface area contributed by atoms with Gasteiger partial charge in [0.1, 0.15) is 11.6 Å². The van der Waals surface area contributed by atoms with Crippen LogP contribution in [0.4, 0.5) is 4.79 Å². The van der Waals surface area contributed by atoms with Gasteiger partial charge in [0.05, 0.1) is 0 Å². The van der Waals surface area contributed by atoms with Crippen LogP contribution in [0.3, 0.4) is 0 Å². The van der Waals surface area contributed by atoms with Crippen molar-refractivity contribution >= 4 is 12.1 Å². The highest BCUT2D eigenvalue weighted by molar-refractivity contribution is 5.80. The Hall–Kier alpha value is -2.58. The third-order valence-corrected chi connectivity index (χ3v) is 2.31. The van der Waals surface area contributed by atoms with Gasteiger partial charge < -0.3 is 20.1 Å². The first-order valence-electron chi connectivity index (χ1n) is 6.11. The smallest absolute Gasteiger partial charge is 0.408 e. The van der Waals surface area contributed by atoms with Crippen molar-refractivity contribution in [2.24, 2.45) is 0 Å². The monoisotopic (exact) mass is 299 g/mol. The molecular formula is C12H17N3O6. The fourth-order valence-electron chi connectivity index (χ4n) is 1.46. The lowest BCUT2D eigenvalue weighted by Gasteiger charge is -2.21. The van der Waals surface area contributed by atoms with Crippen LogP contribution in [0, 0.1) is 0 Å². The number of carboxylic acids is 1. The van der Waals surface area contributed by atoms with Gasteiger partial charge in [0.15, 0.2) is 0 Å². The molecule has 0 saturated heterocycles. The lowest BCUT2D eigenvalue weighted by Crippen LogP contribution is -2.45. The van der Waals surface area contributed by atoms with Crippen molar-refractivity contribution in [2.45, 2.75) is 38.8 Å². The number of alkyl carbamates (subject to hydrolysis) is 1. The molecule has 0 radical (unpaired) electrons. The number of H-pyrrole nitrogens is 2. The van der Waals surface area contributed by atoms with E-state index in [2.05, 4.69) is 10.3 Å². The Morgan fingerprint density at radius 3 is 2.48 bits per heavy atom. The number of carbonyl (C=O) groups is 2. The Kier molecular flexibility index (Phi) is 4.90. The topological polar surface area (TPSA) is 141 Å². The van der Waals surface area contributed by atoms with Crippen molar-refractivity contribution in [3.05, 3.63) is 32.6 Å². The molecule has 1 heterocycles. The Morgan fingerprint density at radius 2 is 2.00 bits per heavy atom. The maximum atomic E-state index is 11.6. The molecule has 4 N–H and O–H groups in total. The van der Waals surface area contributed by atoms with E-state index in [1.807, 2.05) is 4.98 Å². The van der Waals surface area contributed by atoms with Crippen LogP contribution in [0.15, 0.2) is 15.8 Å². The summed E-state index contributed by atoms with van der Waals surface area (Å²) in [5, 5.41) is 11.2. The minimum absolute atomic E-state index is 0.0260. The summed E-state index contributed by atoms with van der Waals surface area (Å²) in [6, 6.07) is -1.35. The number of rotatable bonds is 4. The maximum Gasteiger partial charge on any atom is 0.408 e. The van der Waals surface area contributed by atoms with Crippen molar-refractivity contribution in [1.29, 1.82) is 0 Å². The third-order valence-electron chi connectivity index (χ3n) is 2.31. The Labute approximate surface area is 119 Å². The SMILES string of the molecule is CC(C)(C)OC(=O)NC(Cc1c[nH]c(=O)[nH]c1=O)C(=O)O. The van der Waals surface area contributed by atoms with Gasteiger partial charge in [0.2, 0.25) is 0 Å². The van der Waals surface area contributed by atoms with Crippen LogP contribution in [-0.4, -0.2) is 38.8 Å². The maximum absolute atomic E-state index is 11.6. The van der Waals surface area contributed by atoms with Crippen molar-refractivity contribution in [2.75, 3.05) is 0 Å². The molecule has 9 nitrogen and oxygen atoms in total. The molecule has 0 aliphatic carbocycles. The Bertz CT molecular complexity index is 639. The van der Waals surface area contributed by atoms with Crippen LogP contribution in [-0.2, 0) is 16.0 Å².